The lowest BCUT2D eigenvalue weighted by Gasteiger charge is -2.40. The largest absolute Gasteiger partial charge is 0.301 e. The molecule has 1 unspecified atom stereocenters. The lowest BCUT2D eigenvalue weighted by atomic mass is 9.95. The molecule has 0 aromatic heterocycles. The Hall–Kier alpha value is -1.97. The molecular weight excluding hydrogens is 354 g/mol. The van der Waals surface area contributed by atoms with Gasteiger partial charge in [0.2, 0.25) is 0 Å². The summed E-state index contributed by atoms with van der Waals surface area (Å²) in [5, 5.41) is 0. The molecule has 29 heavy (non-hydrogen) atoms. The summed E-state index contributed by atoms with van der Waals surface area (Å²) in [6.07, 6.45) is 21.3. The monoisotopic (exact) mass is 393 g/mol. The predicted octanol–water partition coefficient (Wildman–Crippen LogP) is 5.71. The van der Waals surface area contributed by atoms with Crippen molar-refractivity contribution >= 4 is 5.71 Å². The second-order valence-electron chi connectivity index (χ2n) is 7.74. The van der Waals surface area contributed by atoms with Crippen LogP contribution in [-0.2, 0) is 0 Å². The number of piperidine rings is 1. The van der Waals surface area contributed by atoms with Gasteiger partial charge in [0.1, 0.15) is 0 Å². The van der Waals surface area contributed by atoms with Gasteiger partial charge in [-0.15, -0.1) is 0 Å². The summed E-state index contributed by atoms with van der Waals surface area (Å²) < 4.78 is 0. The highest BCUT2D eigenvalue weighted by Gasteiger charge is 2.26. The van der Waals surface area contributed by atoms with E-state index in [1.807, 2.05) is 12.2 Å². The Morgan fingerprint density at radius 2 is 1.97 bits per heavy atom. The average Bonchev–Trinajstić information content (AvgIpc) is 2.77. The Morgan fingerprint density at radius 3 is 2.52 bits per heavy atom. The third kappa shape index (κ3) is 6.80. The molecule has 158 valence electrons. The molecule has 2 aliphatic rings. The summed E-state index contributed by atoms with van der Waals surface area (Å²) in [5.74, 6) is 0. The molecule has 0 aromatic rings. The van der Waals surface area contributed by atoms with Crippen LogP contribution in [0.4, 0.5) is 0 Å². The number of hydrogen-bond acceptors (Lipinski definition) is 3. The minimum atomic E-state index is 0.340. The number of aliphatic imine (C=N–C) groups is 1. The van der Waals surface area contributed by atoms with E-state index in [1.165, 1.54) is 24.0 Å². The predicted molar refractivity (Wildman–Crippen MR) is 128 cm³/mol. The van der Waals surface area contributed by atoms with Gasteiger partial charge in [-0.1, -0.05) is 63.5 Å². The molecule has 1 saturated heterocycles. The molecule has 0 saturated carbocycles. The van der Waals surface area contributed by atoms with Gasteiger partial charge in [0.15, 0.2) is 0 Å². The summed E-state index contributed by atoms with van der Waals surface area (Å²) >= 11 is 0. The molecular formula is C26H39N3. The van der Waals surface area contributed by atoms with Gasteiger partial charge in [0.05, 0.1) is 5.71 Å². The number of likely N-dealkylation sites (tertiary alicyclic amines) is 1. The van der Waals surface area contributed by atoms with Crippen molar-refractivity contribution < 1.29 is 0 Å². The van der Waals surface area contributed by atoms with Crippen LogP contribution in [0, 0.1) is 0 Å². The molecule has 1 aliphatic heterocycles. The Morgan fingerprint density at radius 1 is 1.24 bits per heavy atom. The van der Waals surface area contributed by atoms with Crippen molar-refractivity contribution in [3.63, 3.8) is 0 Å². The van der Waals surface area contributed by atoms with Crippen molar-refractivity contribution in [2.45, 2.75) is 58.5 Å². The highest BCUT2D eigenvalue weighted by atomic mass is 15.2. The molecule has 0 amide bonds. The number of rotatable bonds is 10. The van der Waals surface area contributed by atoms with E-state index in [4.69, 9.17) is 0 Å². The van der Waals surface area contributed by atoms with Crippen molar-refractivity contribution in [3.8, 4) is 0 Å². The van der Waals surface area contributed by atoms with Gasteiger partial charge in [-0.2, -0.15) is 0 Å². The standard InChI is InChI=1S/C26H39N3/c1-6-10-14-24(21-26(27-7-2)23-15-12-11-13-16-23)22(5)29-19-17-25(18-20-29)28(8-3)9-4/h6-7,10,12,14-16,21-22,25H,1-2,8-9,11,13,17-20H2,3-5H3/b14-10+,24-21+,27-26+. The minimum Gasteiger partial charge on any atom is -0.301 e. The Bertz CT molecular complexity index is 681. The molecule has 3 nitrogen and oxygen atoms in total. The fraction of sp³-hybridized carbons (Fsp3) is 0.500. The highest BCUT2D eigenvalue weighted by molar-refractivity contribution is 6.11. The van der Waals surface area contributed by atoms with E-state index in [1.54, 1.807) is 6.20 Å². The zero-order chi connectivity index (χ0) is 21.1. The smallest absolute Gasteiger partial charge is 0.0701 e. The van der Waals surface area contributed by atoms with Crippen LogP contribution in [0.5, 0.6) is 0 Å². The van der Waals surface area contributed by atoms with Gasteiger partial charge in [-0.05, 0) is 62.9 Å². The maximum atomic E-state index is 4.58. The van der Waals surface area contributed by atoms with Crippen LogP contribution in [0.1, 0.15) is 46.5 Å². The van der Waals surface area contributed by atoms with Gasteiger partial charge in [-0.25, -0.2) is 0 Å². The number of hydrogen-bond donors (Lipinski definition) is 0. The topological polar surface area (TPSA) is 18.8 Å². The number of allylic oxidation sites excluding steroid dienone is 7. The zero-order valence-electron chi connectivity index (χ0n) is 18.7. The molecule has 0 aromatic carbocycles. The van der Waals surface area contributed by atoms with Gasteiger partial charge in [0.25, 0.3) is 0 Å². The molecule has 1 heterocycles. The van der Waals surface area contributed by atoms with Crippen LogP contribution in [0.15, 0.2) is 78.0 Å². The normalized spacial score (nSPS) is 20.9. The third-order valence-electron chi connectivity index (χ3n) is 6.11. The first-order valence-corrected chi connectivity index (χ1v) is 11.2. The van der Waals surface area contributed by atoms with Crippen LogP contribution < -0.4 is 0 Å². The van der Waals surface area contributed by atoms with Gasteiger partial charge >= 0.3 is 0 Å². The lowest BCUT2D eigenvalue weighted by molar-refractivity contribution is 0.104. The quantitative estimate of drug-likeness (QED) is 0.350. The van der Waals surface area contributed by atoms with Crippen molar-refractivity contribution in [1.82, 2.24) is 9.80 Å². The van der Waals surface area contributed by atoms with E-state index >= 15 is 0 Å². The highest BCUT2D eigenvalue weighted by Crippen LogP contribution is 2.23. The molecule has 2 rings (SSSR count). The van der Waals surface area contributed by atoms with Crippen molar-refractivity contribution in [1.29, 1.82) is 0 Å². The van der Waals surface area contributed by atoms with E-state index in [0.29, 0.717) is 6.04 Å². The molecule has 0 radical (unpaired) electrons. The van der Waals surface area contributed by atoms with E-state index < -0.39 is 0 Å². The van der Waals surface area contributed by atoms with Crippen molar-refractivity contribution in [3.05, 3.63) is 73.0 Å². The Labute approximate surface area is 178 Å². The molecule has 1 fully saturated rings. The van der Waals surface area contributed by atoms with Crippen LogP contribution in [0.25, 0.3) is 0 Å². The molecule has 0 bridgehead atoms. The third-order valence-corrected chi connectivity index (χ3v) is 6.11. The van der Waals surface area contributed by atoms with Gasteiger partial charge < -0.3 is 4.90 Å². The van der Waals surface area contributed by atoms with Crippen LogP contribution in [-0.4, -0.2) is 53.8 Å². The molecule has 0 spiro atoms. The van der Waals surface area contributed by atoms with Gasteiger partial charge in [0, 0.05) is 31.4 Å². The fourth-order valence-electron chi connectivity index (χ4n) is 4.33. The lowest BCUT2D eigenvalue weighted by Crippen LogP contribution is -2.47. The van der Waals surface area contributed by atoms with E-state index in [-0.39, 0.29) is 0 Å². The summed E-state index contributed by atoms with van der Waals surface area (Å²) in [6, 6.07) is 1.06. The fourth-order valence-corrected chi connectivity index (χ4v) is 4.33. The van der Waals surface area contributed by atoms with E-state index in [0.717, 1.165) is 50.8 Å². The van der Waals surface area contributed by atoms with Crippen LogP contribution in [0.3, 0.4) is 0 Å². The SMILES string of the molecule is C=C/C=C/C(=C\C(=N/C=C)C1=CCCC=C1)C(C)N1CCC(N(CC)CC)CC1. The molecule has 3 heteroatoms. The average molecular weight is 394 g/mol. The summed E-state index contributed by atoms with van der Waals surface area (Å²) in [4.78, 5) is 9.79. The zero-order valence-corrected chi connectivity index (χ0v) is 18.7. The molecule has 0 N–H and O–H groups in total. The summed E-state index contributed by atoms with van der Waals surface area (Å²) in [5.41, 5.74) is 3.45. The first-order chi connectivity index (χ1) is 14.1. The maximum Gasteiger partial charge on any atom is 0.0701 e. The van der Waals surface area contributed by atoms with E-state index in [9.17, 15) is 0 Å². The number of nitrogens with zero attached hydrogens (tertiary/aromatic N) is 3. The molecule has 1 atom stereocenters. The second kappa shape index (κ2) is 12.6. The van der Waals surface area contributed by atoms with Gasteiger partial charge in [-0.3, -0.25) is 9.89 Å². The second-order valence-corrected chi connectivity index (χ2v) is 7.74. The molecule has 1 aliphatic carbocycles. The first kappa shape index (κ1) is 23.3. The maximum absolute atomic E-state index is 4.58. The summed E-state index contributed by atoms with van der Waals surface area (Å²) in [7, 11) is 0. The van der Waals surface area contributed by atoms with Crippen LogP contribution >= 0.6 is 0 Å². The first-order valence-electron chi connectivity index (χ1n) is 11.2. The van der Waals surface area contributed by atoms with E-state index in [2.05, 4.69) is 79.1 Å². The minimum absolute atomic E-state index is 0.340. The van der Waals surface area contributed by atoms with Crippen molar-refractivity contribution in [2.75, 3.05) is 26.2 Å². The Balaban J connectivity index is 2.19. The summed E-state index contributed by atoms with van der Waals surface area (Å²) in [6.45, 7) is 19.1. The van der Waals surface area contributed by atoms with Crippen molar-refractivity contribution in [2.24, 2.45) is 4.99 Å². The van der Waals surface area contributed by atoms with Crippen LogP contribution in [0.2, 0.25) is 0 Å². The Kier molecular flexibility index (Phi) is 10.1.